The Morgan fingerprint density at radius 2 is 2.08 bits per heavy atom. The van der Waals surface area contributed by atoms with Gasteiger partial charge in [0.2, 0.25) is 0 Å². The molecule has 25 heavy (non-hydrogen) atoms. The summed E-state index contributed by atoms with van der Waals surface area (Å²) in [5.41, 5.74) is 1.55. The summed E-state index contributed by atoms with van der Waals surface area (Å²) in [4.78, 5) is 32.5. The quantitative estimate of drug-likeness (QED) is 0.613. The number of esters is 1. The first-order chi connectivity index (χ1) is 11.9. The lowest BCUT2D eigenvalue weighted by Gasteiger charge is -2.10. The average Bonchev–Trinajstić information content (AvgIpc) is 2.93. The van der Waals surface area contributed by atoms with Crippen LogP contribution in [0.4, 0.5) is 11.5 Å². The fraction of sp³-hybridized carbons (Fsp3) is 0.125. The van der Waals surface area contributed by atoms with Crippen LogP contribution < -0.4 is 5.32 Å². The SMILES string of the molecule is COC(=O)c1sc2ncnc(Nc3ccc(C(=O)O)cc3Br)c2c1C. The summed E-state index contributed by atoms with van der Waals surface area (Å²) in [5.74, 6) is -0.899. The van der Waals surface area contributed by atoms with Crippen LogP contribution >= 0.6 is 27.3 Å². The van der Waals surface area contributed by atoms with Crippen LogP contribution in [0, 0.1) is 6.92 Å². The minimum Gasteiger partial charge on any atom is -0.478 e. The third-order valence-corrected chi connectivity index (χ3v) is 5.40. The minimum atomic E-state index is -1.01. The normalized spacial score (nSPS) is 10.7. The molecule has 128 valence electrons. The number of aryl methyl sites for hydroxylation is 1. The summed E-state index contributed by atoms with van der Waals surface area (Å²) in [5, 5.41) is 12.9. The molecule has 0 fully saturated rings. The zero-order valence-electron chi connectivity index (χ0n) is 13.2. The molecule has 2 N–H and O–H groups in total. The first kappa shape index (κ1) is 17.3. The number of methoxy groups -OCH3 is 1. The maximum atomic E-state index is 11.9. The van der Waals surface area contributed by atoms with Gasteiger partial charge in [0.15, 0.2) is 0 Å². The smallest absolute Gasteiger partial charge is 0.348 e. The van der Waals surface area contributed by atoms with Crippen LogP contribution in [0.1, 0.15) is 25.6 Å². The summed E-state index contributed by atoms with van der Waals surface area (Å²) in [6.45, 7) is 1.81. The van der Waals surface area contributed by atoms with E-state index in [-0.39, 0.29) is 5.56 Å². The van der Waals surface area contributed by atoms with Crippen molar-refractivity contribution in [1.82, 2.24) is 9.97 Å². The fourth-order valence-corrected chi connectivity index (χ4v) is 3.88. The van der Waals surface area contributed by atoms with Gasteiger partial charge in [-0.15, -0.1) is 11.3 Å². The molecule has 0 unspecified atom stereocenters. The largest absolute Gasteiger partial charge is 0.478 e. The van der Waals surface area contributed by atoms with E-state index in [0.717, 1.165) is 10.9 Å². The zero-order valence-corrected chi connectivity index (χ0v) is 15.6. The number of aromatic nitrogens is 2. The molecule has 0 aliphatic carbocycles. The molecule has 0 saturated carbocycles. The van der Waals surface area contributed by atoms with Crippen LogP contribution in [0.25, 0.3) is 10.2 Å². The number of hydrogen-bond acceptors (Lipinski definition) is 7. The summed E-state index contributed by atoms with van der Waals surface area (Å²) in [6.07, 6.45) is 1.40. The molecule has 7 nitrogen and oxygen atoms in total. The topological polar surface area (TPSA) is 101 Å². The number of ether oxygens (including phenoxy) is 1. The van der Waals surface area contributed by atoms with Crippen molar-refractivity contribution >= 4 is 60.9 Å². The summed E-state index contributed by atoms with van der Waals surface area (Å²) in [6, 6.07) is 4.64. The summed E-state index contributed by atoms with van der Waals surface area (Å²) < 4.78 is 5.38. The van der Waals surface area contributed by atoms with Gasteiger partial charge in [0.1, 0.15) is 21.9 Å². The number of carbonyl (C=O) groups excluding carboxylic acids is 1. The predicted octanol–water partition coefficient (Wildman–Crippen LogP) is 3.99. The fourth-order valence-electron chi connectivity index (χ4n) is 2.33. The van der Waals surface area contributed by atoms with Crippen molar-refractivity contribution in [3.63, 3.8) is 0 Å². The number of nitrogens with one attached hydrogen (secondary N) is 1. The minimum absolute atomic E-state index is 0.171. The highest BCUT2D eigenvalue weighted by Crippen LogP contribution is 2.36. The maximum Gasteiger partial charge on any atom is 0.348 e. The highest BCUT2D eigenvalue weighted by atomic mass is 79.9. The predicted molar refractivity (Wildman–Crippen MR) is 97.9 cm³/mol. The van der Waals surface area contributed by atoms with Crippen LogP contribution in [0.3, 0.4) is 0 Å². The number of aromatic carboxylic acids is 1. The van der Waals surface area contributed by atoms with E-state index in [9.17, 15) is 9.59 Å². The Balaban J connectivity index is 2.06. The number of halogens is 1. The van der Waals surface area contributed by atoms with Gasteiger partial charge in [-0.2, -0.15) is 0 Å². The van der Waals surface area contributed by atoms with Gasteiger partial charge in [0.25, 0.3) is 0 Å². The first-order valence-corrected chi connectivity index (χ1v) is 8.65. The molecule has 2 aromatic heterocycles. The van der Waals surface area contributed by atoms with Crippen LogP contribution in [0.15, 0.2) is 29.0 Å². The van der Waals surface area contributed by atoms with Crippen molar-refractivity contribution in [1.29, 1.82) is 0 Å². The van der Waals surface area contributed by atoms with Crippen molar-refractivity contribution in [2.75, 3.05) is 12.4 Å². The van der Waals surface area contributed by atoms with E-state index in [0.29, 0.717) is 25.7 Å². The van der Waals surface area contributed by atoms with E-state index in [1.165, 1.54) is 36.9 Å². The number of nitrogens with zero attached hydrogens (tertiary/aromatic N) is 2. The molecule has 0 amide bonds. The molecule has 2 heterocycles. The zero-order chi connectivity index (χ0) is 18.1. The second-order valence-electron chi connectivity index (χ2n) is 5.07. The Hall–Kier alpha value is -2.52. The molecule has 0 radical (unpaired) electrons. The van der Waals surface area contributed by atoms with E-state index < -0.39 is 11.9 Å². The second kappa shape index (κ2) is 6.77. The summed E-state index contributed by atoms with van der Waals surface area (Å²) >= 11 is 4.59. The molecule has 0 aliphatic rings. The second-order valence-corrected chi connectivity index (χ2v) is 6.93. The van der Waals surface area contributed by atoms with Crippen molar-refractivity contribution in [3.05, 3.63) is 45.0 Å². The van der Waals surface area contributed by atoms with Crippen molar-refractivity contribution in [3.8, 4) is 0 Å². The molecular formula is C16H12BrN3O4S. The average molecular weight is 422 g/mol. The molecule has 0 saturated heterocycles. The maximum absolute atomic E-state index is 11.9. The van der Waals surface area contributed by atoms with E-state index in [1.54, 1.807) is 6.07 Å². The first-order valence-electron chi connectivity index (χ1n) is 7.04. The lowest BCUT2D eigenvalue weighted by molar-refractivity contribution is 0.0604. The number of carbonyl (C=O) groups is 2. The lowest BCUT2D eigenvalue weighted by atomic mass is 10.2. The molecule has 0 bridgehead atoms. The molecule has 0 aliphatic heterocycles. The highest BCUT2D eigenvalue weighted by Gasteiger charge is 2.20. The molecule has 0 spiro atoms. The van der Waals surface area contributed by atoms with Crippen molar-refractivity contribution in [2.24, 2.45) is 0 Å². The molecule has 3 aromatic rings. The Labute approximate surface area is 154 Å². The van der Waals surface area contributed by atoms with E-state index in [2.05, 4.69) is 31.2 Å². The van der Waals surface area contributed by atoms with Crippen LogP contribution in [-0.2, 0) is 4.74 Å². The molecular weight excluding hydrogens is 410 g/mol. The Morgan fingerprint density at radius 3 is 2.72 bits per heavy atom. The molecule has 9 heteroatoms. The number of fused-ring (bicyclic) bond motifs is 1. The number of thiophene rings is 1. The number of rotatable bonds is 4. The lowest BCUT2D eigenvalue weighted by Crippen LogP contribution is -2.01. The van der Waals surface area contributed by atoms with Gasteiger partial charge in [-0.25, -0.2) is 19.6 Å². The Kier molecular flexibility index (Phi) is 4.69. The number of anilines is 2. The van der Waals surface area contributed by atoms with Gasteiger partial charge in [0.05, 0.1) is 23.7 Å². The third-order valence-electron chi connectivity index (χ3n) is 3.57. The molecule has 1 aromatic carbocycles. The van der Waals surface area contributed by atoms with Crippen molar-refractivity contribution in [2.45, 2.75) is 6.92 Å². The highest BCUT2D eigenvalue weighted by molar-refractivity contribution is 9.10. The Bertz CT molecular complexity index is 1000. The number of hydrogen-bond donors (Lipinski definition) is 2. The summed E-state index contributed by atoms with van der Waals surface area (Å²) in [7, 11) is 1.33. The van der Waals surface area contributed by atoms with E-state index in [1.807, 2.05) is 6.92 Å². The number of carboxylic acids is 1. The molecule has 3 rings (SSSR count). The van der Waals surface area contributed by atoms with Gasteiger partial charge in [0, 0.05) is 4.47 Å². The molecule has 0 atom stereocenters. The van der Waals surface area contributed by atoms with Crippen LogP contribution in [0.2, 0.25) is 0 Å². The number of carboxylic acid groups (broad SMARTS) is 1. The van der Waals surface area contributed by atoms with Gasteiger partial charge in [-0.05, 0) is 46.6 Å². The van der Waals surface area contributed by atoms with Crippen LogP contribution in [0.5, 0.6) is 0 Å². The van der Waals surface area contributed by atoms with Crippen LogP contribution in [-0.4, -0.2) is 34.1 Å². The Morgan fingerprint density at radius 1 is 1.32 bits per heavy atom. The standard InChI is InChI=1S/C16H12BrN3O4S/c1-7-11-13(18-6-19-14(11)25-12(7)16(23)24-2)20-10-4-3-8(15(21)22)5-9(10)17/h3-6H,1-2H3,(H,21,22)(H,18,19,20). The van der Waals surface area contributed by atoms with Gasteiger partial charge >= 0.3 is 11.9 Å². The monoisotopic (exact) mass is 421 g/mol. The third kappa shape index (κ3) is 3.20. The van der Waals surface area contributed by atoms with Gasteiger partial charge in [-0.1, -0.05) is 0 Å². The van der Waals surface area contributed by atoms with Gasteiger partial charge in [-0.3, -0.25) is 0 Å². The van der Waals surface area contributed by atoms with Crippen molar-refractivity contribution < 1.29 is 19.4 Å². The van der Waals surface area contributed by atoms with E-state index >= 15 is 0 Å². The van der Waals surface area contributed by atoms with E-state index in [4.69, 9.17) is 9.84 Å². The number of benzene rings is 1. The van der Waals surface area contributed by atoms with Gasteiger partial charge < -0.3 is 15.2 Å².